The normalized spacial score (nSPS) is 10.7. The van der Waals surface area contributed by atoms with Gasteiger partial charge in [0.2, 0.25) is 0 Å². The second-order valence-corrected chi connectivity index (χ2v) is 4.73. The molecule has 24 heavy (non-hydrogen) atoms. The van der Waals surface area contributed by atoms with Crippen LogP contribution in [-0.4, -0.2) is 50.8 Å². The van der Waals surface area contributed by atoms with Crippen molar-refractivity contribution in [1.29, 1.82) is 0 Å². The molecule has 0 aliphatic rings. The van der Waals surface area contributed by atoms with Crippen molar-refractivity contribution in [2.75, 3.05) is 45.2 Å². The number of nitrogens with zero attached hydrogens (tertiary/aromatic N) is 2. The smallest absolute Gasteiger partial charge is 0.292 e. The van der Waals surface area contributed by atoms with Crippen LogP contribution in [0.5, 0.6) is 0 Å². The number of hydrogen-bond donors (Lipinski definition) is 3. The van der Waals surface area contributed by atoms with Gasteiger partial charge in [0.25, 0.3) is 5.69 Å². The largest absolute Gasteiger partial charge is 0.385 e. The molecule has 8 nitrogen and oxygen atoms in total. The molecule has 0 aliphatic heterocycles. The lowest BCUT2D eigenvalue weighted by molar-refractivity contribution is -0.384. The first-order valence-electron chi connectivity index (χ1n) is 7.67. The summed E-state index contributed by atoms with van der Waals surface area (Å²) in [6.07, 6.45) is 0.863. The van der Waals surface area contributed by atoms with E-state index in [4.69, 9.17) is 4.74 Å². The maximum absolute atomic E-state index is 10.9. The Kier molecular flexibility index (Phi) is 12.9. The molecule has 1 aromatic rings. The minimum Gasteiger partial charge on any atom is -0.385 e. The molecule has 0 spiro atoms. The zero-order chi connectivity index (χ0) is 16.9. The number of rotatable bonds is 10. The van der Waals surface area contributed by atoms with Gasteiger partial charge in [0.1, 0.15) is 5.69 Å². The van der Waals surface area contributed by atoms with E-state index in [1.54, 1.807) is 25.3 Å². The van der Waals surface area contributed by atoms with E-state index in [0.29, 0.717) is 31.9 Å². The number of guanidine groups is 1. The summed E-state index contributed by atoms with van der Waals surface area (Å²) in [6, 6.07) is 6.60. The number of anilines is 1. The summed E-state index contributed by atoms with van der Waals surface area (Å²) >= 11 is 0. The Morgan fingerprint density at radius 1 is 1.29 bits per heavy atom. The zero-order valence-corrected chi connectivity index (χ0v) is 16.4. The van der Waals surface area contributed by atoms with Crippen LogP contribution in [-0.2, 0) is 4.74 Å². The molecule has 0 amide bonds. The Morgan fingerprint density at radius 2 is 2.04 bits per heavy atom. The van der Waals surface area contributed by atoms with Crippen molar-refractivity contribution in [2.45, 2.75) is 13.3 Å². The molecule has 9 heteroatoms. The monoisotopic (exact) mass is 451 g/mol. The average molecular weight is 451 g/mol. The first-order valence-corrected chi connectivity index (χ1v) is 7.67. The average Bonchev–Trinajstić information content (AvgIpc) is 2.55. The number of ether oxygens (including phenoxy) is 1. The summed E-state index contributed by atoms with van der Waals surface area (Å²) in [6.45, 7) is 5.28. The molecule has 1 rings (SSSR count). The van der Waals surface area contributed by atoms with Gasteiger partial charge in [-0.2, -0.15) is 0 Å². The molecule has 0 atom stereocenters. The summed E-state index contributed by atoms with van der Waals surface area (Å²) < 4.78 is 4.99. The molecular weight excluding hydrogens is 425 g/mol. The molecule has 0 bridgehead atoms. The maximum Gasteiger partial charge on any atom is 0.292 e. The molecule has 0 radical (unpaired) electrons. The van der Waals surface area contributed by atoms with Crippen molar-refractivity contribution in [3.05, 3.63) is 34.4 Å². The molecule has 3 N–H and O–H groups in total. The SMILES string of the molecule is CCNC(=NCCCOC)NCCNc1ccccc1[N+](=O)[O-].I. The van der Waals surface area contributed by atoms with E-state index in [1.165, 1.54) is 6.07 Å². The van der Waals surface area contributed by atoms with Crippen molar-refractivity contribution in [3.8, 4) is 0 Å². The molecule has 0 aliphatic carbocycles. The van der Waals surface area contributed by atoms with Crippen molar-refractivity contribution in [3.63, 3.8) is 0 Å². The number of nitro benzene ring substituents is 1. The third-order valence-electron chi connectivity index (χ3n) is 2.95. The van der Waals surface area contributed by atoms with Gasteiger partial charge in [0, 0.05) is 46.0 Å². The van der Waals surface area contributed by atoms with Gasteiger partial charge in [-0.15, -0.1) is 24.0 Å². The quantitative estimate of drug-likeness (QED) is 0.126. The van der Waals surface area contributed by atoms with Crippen LogP contribution in [0.4, 0.5) is 11.4 Å². The molecule has 0 heterocycles. The van der Waals surface area contributed by atoms with Crippen LogP contribution in [0, 0.1) is 10.1 Å². The molecule has 136 valence electrons. The van der Waals surface area contributed by atoms with Crippen molar-refractivity contribution < 1.29 is 9.66 Å². The van der Waals surface area contributed by atoms with E-state index in [0.717, 1.165) is 18.9 Å². The van der Waals surface area contributed by atoms with Gasteiger partial charge in [-0.3, -0.25) is 15.1 Å². The van der Waals surface area contributed by atoms with Crippen molar-refractivity contribution >= 4 is 41.3 Å². The number of halogens is 1. The van der Waals surface area contributed by atoms with Crippen LogP contribution in [0.25, 0.3) is 0 Å². The summed E-state index contributed by atoms with van der Waals surface area (Å²) in [7, 11) is 1.67. The van der Waals surface area contributed by atoms with E-state index in [2.05, 4.69) is 20.9 Å². The van der Waals surface area contributed by atoms with Gasteiger partial charge in [0.05, 0.1) is 4.92 Å². The topological polar surface area (TPSA) is 101 Å². The van der Waals surface area contributed by atoms with E-state index in [-0.39, 0.29) is 29.7 Å². The minimum absolute atomic E-state index is 0. The van der Waals surface area contributed by atoms with E-state index in [9.17, 15) is 10.1 Å². The van der Waals surface area contributed by atoms with Crippen LogP contribution >= 0.6 is 24.0 Å². The summed E-state index contributed by atoms with van der Waals surface area (Å²) in [5, 5.41) is 20.3. The Hall–Kier alpha value is -1.62. The van der Waals surface area contributed by atoms with Crippen LogP contribution in [0.1, 0.15) is 13.3 Å². The lowest BCUT2D eigenvalue weighted by atomic mass is 10.2. The van der Waals surface area contributed by atoms with Crippen LogP contribution in [0.15, 0.2) is 29.3 Å². The molecule has 0 unspecified atom stereocenters. The number of nitro groups is 1. The summed E-state index contributed by atoms with van der Waals surface area (Å²) in [5.74, 6) is 0.730. The number of benzene rings is 1. The fraction of sp³-hybridized carbons (Fsp3) is 0.533. The van der Waals surface area contributed by atoms with Gasteiger partial charge < -0.3 is 20.7 Å². The fourth-order valence-electron chi connectivity index (χ4n) is 1.90. The summed E-state index contributed by atoms with van der Waals surface area (Å²) in [4.78, 5) is 15.0. The standard InChI is InChI=1S/C15H25N5O3.HI/c1-3-16-15(18-9-6-12-23-2)19-11-10-17-13-7-4-5-8-14(13)20(21)22;/h4-5,7-8,17H,3,6,9-12H2,1-2H3,(H2,16,18,19);1H. The van der Waals surface area contributed by atoms with E-state index in [1.807, 2.05) is 6.92 Å². The summed E-state index contributed by atoms with van der Waals surface area (Å²) in [5.41, 5.74) is 0.592. The lowest BCUT2D eigenvalue weighted by Crippen LogP contribution is -2.39. The van der Waals surface area contributed by atoms with Crippen molar-refractivity contribution in [2.24, 2.45) is 4.99 Å². The number of hydrogen-bond acceptors (Lipinski definition) is 5. The van der Waals surface area contributed by atoms with Gasteiger partial charge in [0.15, 0.2) is 5.96 Å². The maximum atomic E-state index is 10.9. The first-order chi connectivity index (χ1) is 11.2. The van der Waals surface area contributed by atoms with Crippen LogP contribution in [0.2, 0.25) is 0 Å². The number of nitrogens with one attached hydrogen (secondary N) is 3. The zero-order valence-electron chi connectivity index (χ0n) is 14.1. The molecule has 0 aromatic heterocycles. The van der Waals surface area contributed by atoms with E-state index < -0.39 is 4.92 Å². The Morgan fingerprint density at radius 3 is 2.71 bits per heavy atom. The predicted octanol–water partition coefficient (Wildman–Crippen LogP) is 2.22. The van der Waals surface area contributed by atoms with Gasteiger partial charge in [-0.1, -0.05) is 12.1 Å². The Bertz CT molecular complexity index is 514. The molecule has 1 aromatic carbocycles. The van der Waals surface area contributed by atoms with Crippen LogP contribution < -0.4 is 16.0 Å². The molecule has 0 fully saturated rings. The minimum atomic E-state index is -0.392. The second-order valence-electron chi connectivity index (χ2n) is 4.73. The van der Waals surface area contributed by atoms with E-state index >= 15 is 0 Å². The highest BCUT2D eigenvalue weighted by molar-refractivity contribution is 14.0. The lowest BCUT2D eigenvalue weighted by Gasteiger charge is -2.12. The number of aliphatic imine (C=N–C) groups is 1. The predicted molar refractivity (Wildman–Crippen MR) is 107 cm³/mol. The number of para-hydroxylation sites is 2. The Balaban J connectivity index is 0.00000529. The third kappa shape index (κ3) is 8.87. The highest BCUT2D eigenvalue weighted by Crippen LogP contribution is 2.22. The van der Waals surface area contributed by atoms with Crippen molar-refractivity contribution in [1.82, 2.24) is 10.6 Å². The van der Waals surface area contributed by atoms with Crippen LogP contribution in [0.3, 0.4) is 0 Å². The molecule has 0 saturated heterocycles. The fourth-order valence-corrected chi connectivity index (χ4v) is 1.90. The van der Waals surface area contributed by atoms with Gasteiger partial charge in [-0.25, -0.2) is 0 Å². The van der Waals surface area contributed by atoms with Gasteiger partial charge >= 0.3 is 0 Å². The van der Waals surface area contributed by atoms with Gasteiger partial charge in [-0.05, 0) is 19.4 Å². The second kappa shape index (κ2) is 13.8. The molecular formula is C15H26IN5O3. The highest BCUT2D eigenvalue weighted by atomic mass is 127. The Labute approximate surface area is 159 Å². The third-order valence-corrected chi connectivity index (χ3v) is 2.95. The first kappa shape index (κ1) is 22.4. The molecule has 0 saturated carbocycles. The number of methoxy groups -OCH3 is 1. The highest BCUT2D eigenvalue weighted by Gasteiger charge is 2.11.